The molecule has 1 saturated heterocycles. The minimum absolute atomic E-state index is 0.0176. The fourth-order valence-corrected chi connectivity index (χ4v) is 6.06. The van der Waals surface area contributed by atoms with Crippen molar-refractivity contribution in [2.75, 3.05) is 31.5 Å². The highest BCUT2D eigenvalue weighted by atomic mass is 19.4. The lowest BCUT2D eigenvalue weighted by molar-refractivity contribution is -0.137. The number of aryl methyl sites for hydroxylation is 1. The van der Waals surface area contributed by atoms with Crippen LogP contribution in [0.15, 0.2) is 43.0 Å². The highest BCUT2D eigenvalue weighted by molar-refractivity contribution is 5.98. The molecule has 0 unspecified atom stereocenters. The van der Waals surface area contributed by atoms with Gasteiger partial charge in [0, 0.05) is 67.4 Å². The topological polar surface area (TPSA) is 84.1 Å². The number of alkyl halides is 3. The van der Waals surface area contributed by atoms with Crippen LogP contribution in [0.1, 0.15) is 67.3 Å². The number of rotatable bonds is 6. The van der Waals surface area contributed by atoms with Crippen molar-refractivity contribution >= 4 is 28.6 Å². The number of amides is 1. The molecule has 2 fully saturated rings. The highest BCUT2D eigenvalue weighted by Gasteiger charge is 2.32. The quantitative estimate of drug-likeness (QED) is 0.303. The van der Waals surface area contributed by atoms with E-state index in [9.17, 15) is 18.0 Å². The number of hydrogen-bond acceptors (Lipinski definition) is 6. The molecule has 9 nitrogen and oxygen atoms in total. The van der Waals surface area contributed by atoms with E-state index in [0.717, 1.165) is 56.3 Å². The Morgan fingerprint density at radius 1 is 1.02 bits per heavy atom. The molecule has 222 valence electrons. The average molecular weight is 581 g/mol. The van der Waals surface area contributed by atoms with E-state index in [1.165, 1.54) is 6.33 Å². The number of fused-ring (bicyclic) bond motifs is 1. The third-order valence-corrected chi connectivity index (χ3v) is 8.33. The van der Waals surface area contributed by atoms with Gasteiger partial charge in [-0.15, -0.1) is 0 Å². The number of piperazine rings is 1. The normalized spacial score (nSPS) is 17.1. The van der Waals surface area contributed by atoms with Crippen LogP contribution in [0.2, 0.25) is 0 Å². The third-order valence-electron chi connectivity index (χ3n) is 8.33. The van der Waals surface area contributed by atoms with E-state index in [1.807, 2.05) is 15.5 Å². The van der Waals surface area contributed by atoms with Gasteiger partial charge in [-0.3, -0.25) is 9.69 Å². The zero-order valence-corrected chi connectivity index (χ0v) is 24.0. The molecule has 4 aromatic rings. The molecule has 2 aliphatic rings. The maximum Gasteiger partial charge on any atom is 0.416 e. The predicted molar refractivity (Wildman–Crippen MR) is 154 cm³/mol. The van der Waals surface area contributed by atoms with Crippen molar-refractivity contribution in [1.29, 1.82) is 0 Å². The summed E-state index contributed by atoms with van der Waals surface area (Å²) in [6.45, 7) is 9.09. The number of hydrogen-bond donors (Lipinski definition) is 1. The van der Waals surface area contributed by atoms with Gasteiger partial charge < -0.3 is 19.4 Å². The number of benzene rings is 1. The van der Waals surface area contributed by atoms with Crippen LogP contribution in [0.5, 0.6) is 0 Å². The summed E-state index contributed by atoms with van der Waals surface area (Å²) in [6, 6.07) is 6.16. The molecule has 12 heteroatoms. The number of carbonyl (C=O) groups is 1. The van der Waals surface area contributed by atoms with Gasteiger partial charge in [-0.05, 0) is 57.9 Å². The van der Waals surface area contributed by atoms with E-state index in [2.05, 4.69) is 34.0 Å². The Kier molecular flexibility index (Phi) is 7.42. The number of imidazole rings is 1. The van der Waals surface area contributed by atoms with Gasteiger partial charge >= 0.3 is 6.18 Å². The summed E-state index contributed by atoms with van der Waals surface area (Å²) >= 11 is 0. The molecule has 42 heavy (non-hydrogen) atoms. The summed E-state index contributed by atoms with van der Waals surface area (Å²) in [4.78, 5) is 31.4. The molecule has 0 spiro atoms. The minimum Gasteiger partial charge on any atom is -0.335 e. The molecule has 1 N–H and O–H groups in total. The summed E-state index contributed by atoms with van der Waals surface area (Å²) in [5, 5.41) is 3.72. The highest BCUT2D eigenvalue weighted by Crippen LogP contribution is 2.36. The van der Waals surface area contributed by atoms with Crippen molar-refractivity contribution < 1.29 is 18.0 Å². The Bertz CT molecular complexity index is 1590. The summed E-state index contributed by atoms with van der Waals surface area (Å²) in [5.41, 5.74) is 1.61. The second-order valence-electron chi connectivity index (χ2n) is 11.5. The van der Waals surface area contributed by atoms with E-state index < -0.39 is 11.7 Å². The first kappa shape index (κ1) is 28.2. The van der Waals surface area contributed by atoms with Crippen molar-refractivity contribution in [3.63, 3.8) is 0 Å². The van der Waals surface area contributed by atoms with Gasteiger partial charge in [-0.2, -0.15) is 18.2 Å². The van der Waals surface area contributed by atoms with Crippen LogP contribution in [0.4, 0.5) is 24.8 Å². The van der Waals surface area contributed by atoms with Gasteiger partial charge in [0.05, 0.1) is 17.6 Å². The molecular weight excluding hydrogens is 545 g/mol. The molecule has 1 amide bonds. The lowest BCUT2D eigenvalue weighted by atomic mass is 10.1. The van der Waals surface area contributed by atoms with Crippen LogP contribution in [0.3, 0.4) is 0 Å². The van der Waals surface area contributed by atoms with Crippen molar-refractivity contribution in [2.45, 2.75) is 64.7 Å². The first-order valence-electron chi connectivity index (χ1n) is 14.5. The van der Waals surface area contributed by atoms with Crippen LogP contribution in [-0.2, 0) is 6.18 Å². The fraction of sp³-hybridized carbons (Fsp3) is 0.467. The number of nitrogens with one attached hydrogen (secondary N) is 1. The van der Waals surface area contributed by atoms with Crippen LogP contribution in [0, 0.1) is 6.92 Å². The Morgan fingerprint density at radius 2 is 1.76 bits per heavy atom. The predicted octanol–water partition coefficient (Wildman–Crippen LogP) is 5.97. The monoisotopic (exact) mass is 580 g/mol. The summed E-state index contributed by atoms with van der Waals surface area (Å²) in [7, 11) is 0. The van der Waals surface area contributed by atoms with Crippen molar-refractivity contribution in [1.82, 2.24) is 33.9 Å². The van der Waals surface area contributed by atoms with Crippen molar-refractivity contribution in [3.8, 4) is 5.69 Å². The van der Waals surface area contributed by atoms with Crippen molar-refractivity contribution in [2.24, 2.45) is 0 Å². The zero-order chi connectivity index (χ0) is 29.6. The van der Waals surface area contributed by atoms with Gasteiger partial charge in [-0.1, -0.05) is 12.8 Å². The van der Waals surface area contributed by atoms with Crippen LogP contribution in [0.25, 0.3) is 16.7 Å². The molecule has 6 rings (SSSR count). The largest absolute Gasteiger partial charge is 0.416 e. The number of carbonyl (C=O) groups excluding carboxylic acids is 1. The standard InChI is InChI=1S/C30H35F3N8O/c1-19(2)38-8-10-39(11-9-38)28(42)26-12-21-16-34-29(37-27(21)41(26)24-6-4-5-7-24)36-23-13-22(30(31,32)33)14-25(15-23)40-17-20(3)35-18-40/h12-19,24H,4-11H2,1-3H3,(H,34,36,37). The maximum atomic E-state index is 13.8. The first-order chi connectivity index (χ1) is 20.1. The molecule has 1 aliphatic heterocycles. The summed E-state index contributed by atoms with van der Waals surface area (Å²) < 4.78 is 45.0. The van der Waals surface area contributed by atoms with Gasteiger partial charge in [0.1, 0.15) is 11.3 Å². The van der Waals surface area contributed by atoms with E-state index in [1.54, 1.807) is 30.0 Å². The lowest BCUT2D eigenvalue weighted by Crippen LogP contribution is -2.51. The summed E-state index contributed by atoms with van der Waals surface area (Å²) in [6.07, 6.45) is 4.27. The average Bonchev–Trinajstić information content (AvgIpc) is 3.72. The van der Waals surface area contributed by atoms with Gasteiger partial charge in [0.15, 0.2) is 0 Å². The Labute approximate surface area is 242 Å². The second kappa shape index (κ2) is 11.0. The number of nitrogens with zero attached hydrogens (tertiary/aromatic N) is 7. The minimum atomic E-state index is -4.54. The molecule has 1 aliphatic carbocycles. The van der Waals surface area contributed by atoms with E-state index >= 15 is 0 Å². The third kappa shape index (κ3) is 5.59. The van der Waals surface area contributed by atoms with Crippen LogP contribution < -0.4 is 5.32 Å². The van der Waals surface area contributed by atoms with E-state index in [0.29, 0.717) is 41.9 Å². The lowest BCUT2D eigenvalue weighted by Gasteiger charge is -2.37. The van der Waals surface area contributed by atoms with Crippen LogP contribution >= 0.6 is 0 Å². The molecule has 0 atom stereocenters. The van der Waals surface area contributed by atoms with Crippen molar-refractivity contribution in [3.05, 3.63) is 59.9 Å². The number of anilines is 2. The number of halogens is 3. The fourth-order valence-electron chi connectivity index (χ4n) is 6.06. The first-order valence-corrected chi connectivity index (χ1v) is 14.5. The molecule has 0 radical (unpaired) electrons. The maximum absolute atomic E-state index is 13.8. The molecule has 3 aromatic heterocycles. The van der Waals surface area contributed by atoms with Crippen LogP contribution in [-0.4, -0.2) is 72.0 Å². The Balaban J connectivity index is 1.35. The SMILES string of the molecule is Cc1cn(-c2cc(Nc3ncc4cc(C(=O)N5CCN(C(C)C)CC5)n(C5CCCC5)c4n3)cc(C(F)(F)F)c2)cn1. The van der Waals surface area contributed by atoms with Gasteiger partial charge in [-0.25, -0.2) is 9.97 Å². The molecule has 1 aromatic carbocycles. The zero-order valence-electron chi connectivity index (χ0n) is 24.0. The summed E-state index contributed by atoms with van der Waals surface area (Å²) in [5.74, 6) is 0.146. The van der Waals surface area contributed by atoms with Gasteiger partial charge in [0.2, 0.25) is 5.95 Å². The molecule has 4 heterocycles. The molecular formula is C30H35F3N8O. The molecule has 1 saturated carbocycles. The van der Waals surface area contributed by atoms with E-state index in [-0.39, 0.29) is 23.6 Å². The Hall–Kier alpha value is -3.93. The van der Waals surface area contributed by atoms with E-state index in [4.69, 9.17) is 4.98 Å². The van der Waals surface area contributed by atoms with Gasteiger partial charge in [0.25, 0.3) is 5.91 Å². The number of aromatic nitrogens is 5. The Morgan fingerprint density at radius 3 is 2.40 bits per heavy atom. The second-order valence-corrected chi connectivity index (χ2v) is 11.5. The molecule has 0 bridgehead atoms. The smallest absolute Gasteiger partial charge is 0.335 e.